The minimum absolute atomic E-state index is 0.0545. The average Bonchev–Trinajstić information content (AvgIpc) is 2.62. The zero-order valence-electron chi connectivity index (χ0n) is 8.27. The van der Waals surface area contributed by atoms with Gasteiger partial charge in [-0.05, 0) is 21.5 Å². The van der Waals surface area contributed by atoms with Gasteiger partial charge < -0.3 is 10.8 Å². The van der Waals surface area contributed by atoms with Gasteiger partial charge in [0, 0.05) is 11.9 Å². The van der Waals surface area contributed by atoms with Gasteiger partial charge in [-0.3, -0.25) is 9.89 Å². The molecule has 5 nitrogen and oxygen atoms in total. The maximum Gasteiger partial charge on any atom is 0.312 e. The molecule has 1 aromatic carbocycles. The molecule has 0 spiro atoms. The number of rotatable bonds is 3. The van der Waals surface area contributed by atoms with Crippen molar-refractivity contribution in [1.29, 1.82) is 0 Å². The molecule has 0 aliphatic rings. The molecular formula is C10H10BrN3O2. The van der Waals surface area contributed by atoms with Gasteiger partial charge in [-0.25, -0.2) is 0 Å². The number of nitrogens with two attached hydrogens (primary N) is 1. The number of halogens is 1. The van der Waals surface area contributed by atoms with Crippen LogP contribution >= 0.6 is 15.9 Å². The first kappa shape index (κ1) is 11.1. The minimum atomic E-state index is -0.936. The molecule has 0 saturated heterocycles. The van der Waals surface area contributed by atoms with Crippen LogP contribution in [0, 0.1) is 0 Å². The van der Waals surface area contributed by atoms with Crippen LogP contribution in [0.3, 0.4) is 0 Å². The highest BCUT2D eigenvalue weighted by molar-refractivity contribution is 9.10. The molecule has 0 fully saturated rings. The Morgan fingerprint density at radius 1 is 1.62 bits per heavy atom. The number of hydrogen-bond acceptors (Lipinski definition) is 3. The Kier molecular flexibility index (Phi) is 2.93. The van der Waals surface area contributed by atoms with E-state index in [2.05, 4.69) is 26.1 Å². The van der Waals surface area contributed by atoms with Gasteiger partial charge in [-0.1, -0.05) is 18.2 Å². The molecular weight excluding hydrogens is 274 g/mol. The lowest BCUT2D eigenvalue weighted by atomic mass is 9.97. The van der Waals surface area contributed by atoms with E-state index in [-0.39, 0.29) is 6.54 Å². The molecule has 16 heavy (non-hydrogen) atoms. The molecule has 6 heteroatoms. The minimum Gasteiger partial charge on any atom is -0.481 e. The Balaban J connectivity index is 2.63. The first-order valence-electron chi connectivity index (χ1n) is 4.70. The summed E-state index contributed by atoms with van der Waals surface area (Å²) in [6.07, 6.45) is 0. The fourth-order valence-electron chi connectivity index (χ4n) is 1.67. The zero-order valence-corrected chi connectivity index (χ0v) is 9.86. The van der Waals surface area contributed by atoms with Crippen LogP contribution < -0.4 is 5.73 Å². The van der Waals surface area contributed by atoms with Gasteiger partial charge in [0.15, 0.2) is 0 Å². The normalized spacial score (nSPS) is 12.9. The molecule has 4 N–H and O–H groups in total. The fraction of sp³-hybridized carbons (Fsp3) is 0.200. The van der Waals surface area contributed by atoms with Crippen molar-refractivity contribution in [3.8, 4) is 0 Å². The number of H-pyrrole nitrogens is 1. The summed E-state index contributed by atoms with van der Waals surface area (Å²) in [5, 5.41) is 16.8. The number of nitrogens with one attached hydrogen (secondary N) is 1. The van der Waals surface area contributed by atoms with Gasteiger partial charge in [0.2, 0.25) is 0 Å². The van der Waals surface area contributed by atoms with Crippen molar-refractivity contribution in [3.63, 3.8) is 0 Å². The Bertz CT molecular complexity index is 538. The third-order valence-corrected chi connectivity index (χ3v) is 3.08. The molecule has 0 radical (unpaired) electrons. The highest BCUT2D eigenvalue weighted by Crippen LogP contribution is 2.28. The highest BCUT2D eigenvalue weighted by atomic mass is 79.9. The topological polar surface area (TPSA) is 92.0 Å². The highest BCUT2D eigenvalue weighted by Gasteiger charge is 2.21. The second kappa shape index (κ2) is 4.23. The van der Waals surface area contributed by atoms with Crippen LogP contribution in [0.4, 0.5) is 0 Å². The quantitative estimate of drug-likeness (QED) is 0.795. The molecule has 1 unspecified atom stereocenters. The zero-order chi connectivity index (χ0) is 11.7. The molecule has 2 aromatic rings. The van der Waals surface area contributed by atoms with Crippen molar-refractivity contribution < 1.29 is 9.90 Å². The van der Waals surface area contributed by atoms with Crippen LogP contribution in [0.15, 0.2) is 22.8 Å². The van der Waals surface area contributed by atoms with E-state index < -0.39 is 11.9 Å². The van der Waals surface area contributed by atoms with E-state index in [1.165, 1.54) is 0 Å². The van der Waals surface area contributed by atoms with E-state index in [1.807, 2.05) is 6.07 Å². The predicted molar refractivity (Wildman–Crippen MR) is 63.2 cm³/mol. The third-order valence-electron chi connectivity index (χ3n) is 2.48. The number of aromatic nitrogens is 2. The maximum atomic E-state index is 11.1. The van der Waals surface area contributed by atoms with E-state index in [4.69, 9.17) is 10.8 Å². The Hall–Kier alpha value is -1.40. The number of para-hydroxylation sites is 1. The van der Waals surface area contributed by atoms with E-state index >= 15 is 0 Å². The predicted octanol–water partition coefficient (Wildman–Crippen LogP) is 1.45. The largest absolute Gasteiger partial charge is 0.481 e. The van der Waals surface area contributed by atoms with E-state index in [0.29, 0.717) is 11.1 Å². The van der Waals surface area contributed by atoms with Crippen LogP contribution in [0.1, 0.15) is 11.5 Å². The maximum absolute atomic E-state index is 11.1. The molecule has 1 atom stereocenters. The molecule has 0 saturated carbocycles. The number of nitrogens with zero attached hydrogens (tertiary/aromatic N) is 1. The number of hydrogen-bond donors (Lipinski definition) is 3. The summed E-state index contributed by atoms with van der Waals surface area (Å²) in [6, 6.07) is 5.40. The van der Waals surface area contributed by atoms with Gasteiger partial charge in [-0.15, -0.1) is 0 Å². The standard InChI is InChI=1S/C10H10BrN3O2/c11-9-6-3-1-2-5(8(6)13-14-9)7(4-12)10(15)16/h1-3,7H,4,12H2,(H,13,14)(H,15,16). The lowest BCUT2D eigenvalue weighted by Gasteiger charge is -2.10. The Labute approximate surface area is 99.8 Å². The number of aliphatic carboxylic acids is 1. The fourth-order valence-corrected chi connectivity index (χ4v) is 2.08. The molecule has 84 valence electrons. The first-order valence-corrected chi connectivity index (χ1v) is 5.49. The number of aromatic amines is 1. The van der Waals surface area contributed by atoms with Gasteiger partial charge in [0.25, 0.3) is 0 Å². The van der Waals surface area contributed by atoms with Crippen molar-refractivity contribution in [2.75, 3.05) is 6.54 Å². The van der Waals surface area contributed by atoms with Crippen molar-refractivity contribution in [2.45, 2.75) is 5.92 Å². The van der Waals surface area contributed by atoms with Crippen molar-refractivity contribution in [1.82, 2.24) is 10.2 Å². The van der Waals surface area contributed by atoms with E-state index in [1.54, 1.807) is 12.1 Å². The second-order valence-corrected chi connectivity index (χ2v) is 4.20. The number of fused-ring (bicyclic) bond motifs is 1. The molecule has 0 amide bonds. The number of benzene rings is 1. The van der Waals surface area contributed by atoms with Crippen molar-refractivity contribution >= 4 is 32.8 Å². The Morgan fingerprint density at radius 3 is 3.00 bits per heavy atom. The summed E-state index contributed by atoms with van der Waals surface area (Å²) in [7, 11) is 0. The van der Waals surface area contributed by atoms with Crippen LogP contribution in [0.25, 0.3) is 10.9 Å². The van der Waals surface area contributed by atoms with Crippen molar-refractivity contribution in [3.05, 3.63) is 28.4 Å². The molecule has 1 heterocycles. The lowest BCUT2D eigenvalue weighted by Crippen LogP contribution is -2.21. The van der Waals surface area contributed by atoms with Gasteiger partial charge >= 0.3 is 5.97 Å². The van der Waals surface area contributed by atoms with Gasteiger partial charge in [0.1, 0.15) is 4.60 Å². The summed E-state index contributed by atoms with van der Waals surface area (Å²) in [4.78, 5) is 11.1. The lowest BCUT2D eigenvalue weighted by molar-refractivity contribution is -0.138. The molecule has 1 aromatic heterocycles. The summed E-state index contributed by atoms with van der Waals surface area (Å²) in [6.45, 7) is 0.0545. The third kappa shape index (κ3) is 1.70. The number of carboxylic acids is 1. The van der Waals surface area contributed by atoms with Gasteiger partial charge in [-0.2, -0.15) is 5.10 Å². The summed E-state index contributed by atoms with van der Waals surface area (Å²) >= 11 is 3.31. The van der Waals surface area contributed by atoms with E-state index in [0.717, 1.165) is 9.99 Å². The smallest absolute Gasteiger partial charge is 0.312 e. The number of carbonyl (C=O) groups is 1. The van der Waals surface area contributed by atoms with Crippen LogP contribution in [-0.2, 0) is 4.79 Å². The van der Waals surface area contributed by atoms with Crippen LogP contribution in [0.2, 0.25) is 0 Å². The van der Waals surface area contributed by atoms with Crippen molar-refractivity contribution in [2.24, 2.45) is 5.73 Å². The molecule has 0 aliphatic heterocycles. The monoisotopic (exact) mass is 283 g/mol. The summed E-state index contributed by atoms with van der Waals surface area (Å²) in [5.41, 5.74) is 6.75. The average molecular weight is 284 g/mol. The van der Waals surface area contributed by atoms with E-state index in [9.17, 15) is 4.79 Å². The molecule has 0 bridgehead atoms. The second-order valence-electron chi connectivity index (χ2n) is 3.41. The Morgan fingerprint density at radius 2 is 2.38 bits per heavy atom. The summed E-state index contributed by atoms with van der Waals surface area (Å²) in [5.74, 6) is -1.66. The van der Waals surface area contributed by atoms with Gasteiger partial charge in [0.05, 0.1) is 11.4 Å². The molecule has 0 aliphatic carbocycles. The summed E-state index contributed by atoms with van der Waals surface area (Å²) < 4.78 is 0.741. The van der Waals surface area contributed by atoms with Crippen LogP contribution in [0.5, 0.6) is 0 Å². The molecule has 2 rings (SSSR count). The number of carboxylic acid groups (broad SMARTS) is 1. The first-order chi connectivity index (χ1) is 7.65. The van der Waals surface area contributed by atoms with Crippen LogP contribution in [-0.4, -0.2) is 27.8 Å². The SMILES string of the molecule is NCC(C(=O)O)c1cccc2c(Br)[nH]nc12.